The number of fused-ring (bicyclic) bond motifs is 1. The van der Waals surface area contributed by atoms with Crippen molar-refractivity contribution in [2.24, 2.45) is 18.4 Å². The molecule has 1 aliphatic carbocycles. The summed E-state index contributed by atoms with van der Waals surface area (Å²) in [7, 11) is 1.93. The minimum absolute atomic E-state index is 0.0216. The van der Waals surface area contributed by atoms with Crippen LogP contribution in [0, 0.1) is 11.3 Å². The molecule has 2 atom stereocenters. The van der Waals surface area contributed by atoms with E-state index in [0.717, 1.165) is 63.8 Å². The number of aromatic nitrogens is 1. The van der Waals surface area contributed by atoms with Crippen molar-refractivity contribution in [1.82, 2.24) is 9.47 Å². The molecule has 3 aliphatic rings. The number of likely N-dealkylation sites (tertiary alicyclic amines) is 1. The van der Waals surface area contributed by atoms with E-state index in [9.17, 15) is 4.79 Å². The standard InChI is InChI=1S/C19H28N2O3/c1-20-9-2-4-16(20)18(22)21-10-7-17-19(13-21,8-3-11-24-17)14-23-12-15-5-6-15/h2,4,9,15,17H,3,5-8,10-14H2,1H3/t17-,19+/m1/s1. The normalized spacial score (nSPS) is 30.2. The first kappa shape index (κ1) is 16.2. The summed E-state index contributed by atoms with van der Waals surface area (Å²) in [5, 5.41) is 0. The SMILES string of the molecule is Cn1cccc1C(=O)N1CC[C@H]2OCCC[C@@]2(COCC2CC2)C1. The molecule has 0 N–H and O–H groups in total. The Kier molecular flexibility index (Phi) is 4.39. The van der Waals surface area contributed by atoms with Crippen LogP contribution in [-0.2, 0) is 16.5 Å². The lowest BCUT2D eigenvalue weighted by Gasteiger charge is -2.50. The zero-order valence-corrected chi connectivity index (χ0v) is 14.6. The van der Waals surface area contributed by atoms with Crippen LogP contribution in [0.15, 0.2) is 18.3 Å². The molecule has 4 rings (SSSR count). The van der Waals surface area contributed by atoms with E-state index in [1.54, 1.807) is 0 Å². The lowest BCUT2D eigenvalue weighted by atomic mass is 9.73. The van der Waals surface area contributed by atoms with E-state index in [-0.39, 0.29) is 17.4 Å². The van der Waals surface area contributed by atoms with Gasteiger partial charge in [-0.3, -0.25) is 4.79 Å². The van der Waals surface area contributed by atoms with Crippen molar-refractivity contribution in [2.75, 3.05) is 32.9 Å². The number of ether oxygens (including phenoxy) is 2. The van der Waals surface area contributed by atoms with Gasteiger partial charge in [-0.2, -0.15) is 0 Å². The molecule has 1 saturated carbocycles. The zero-order valence-electron chi connectivity index (χ0n) is 14.6. The molecular weight excluding hydrogens is 304 g/mol. The molecule has 3 heterocycles. The third-order valence-corrected chi connectivity index (χ3v) is 5.88. The first-order chi connectivity index (χ1) is 11.7. The first-order valence-electron chi connectivity index (χ1n) is 9.28. The molecule has 5 nitrogen and oxygen atoms in total. The van der Waals surface area contributed by atoms with E-state index in [4.69, 9.17) is 9.47 Å². The number of nitrogens with zero attached hydrogens (tertiary/aromatic N) is 2. The first-order valence-corrected chi connectivity index (χ1v) is 9.28. The van der Waals surface area contributed by atoms with E-state index in [2.05, 4.69) is 0 Å². The summed E-state index contributed by atoms with van der Waals surface area (Å²) in [5.41, 5.74) is 0.742. The Morgan fingerprint density at radius 1 is 1.42 bits per heavy atom. The Labute approximate surface area is 143 Å². The average molecular weight is 332 g/mol. The minimum atomic E-state index is -0.0216. The van der Waals surface area contributed by atoms with Gasteiger partial charge in [0.05, 0.1) is 12.7 Å². The maximum atomic E-state index is 12.9. The lowest BCUT2D eigenvalue weighted by Crippen LogP contribution is -2.58. The topological polar surface area (TPSA) is 43.7 Å². The predicted octanol–water partition coefficient (Wildman–Crippen LogP) is 2.46. The second-order valence-corrected chi connectivity index (χ2v) is 7.80. The van der Waals surface area contributed by atoms with Gasteiger partial charge in [0.25, 0.3) is 5.91 Å². The highest BCUT2D eigenvalue weighted by molar-refractivity contribution is 5.92. The molecule has 0 bridgehead atoms. The van der Waals surface area contributed by atoms with Gasteiger partial charge in [-0.05, 0) is 50.2 Å². The van der Waals surface area contributed by atoms with Crippen molar-refractivity contribution in [2.45, 2.75) is 38.2 Å². The van der Waals surface area contributed by atoms with Crippen molar-refractivity contribution in [3.05, 3.63) is 24.0 Å². The van der Waals surface area contributed by atoms with Crippen LogP contribution in [0.25, 0.3) is 0 Å². The Morgan fingerprint density at radius 3 is 3.04 bits per heavy atom. The summed E-state index contributed by atoms with van der Waals surface area (Å²) in [6.45, 7) is 3.98. The fourth-order valence-electron chi connectivity index (χ4n) is 4.23. The van der Waals surface area contributed by atoms with E-state index in [1.807, 2.05) is 34.8 Å². The number of rotatable bonds is 5. The van der Waals surface area contributed by atoms with Crippen molar-refractivity contribution in [3.63, 3.8) is 0 Å². The third kappa shape index (κ3) is 3.11. The maximum absolute atomic E-state index is 12.9. The third-order valence-electron chi connectivity index (χ3n) is 5.88. The van der Waals surface area contributed by atoms with Gasteiger partial charge in [0, 0.05) is 45.0 Å². The Hall–Kier alpha value is -1.33. The zero-order chi connectivity index (χ0) is 16.6. The highest BCUT2D eigenvalue weighted by Gasteiger charge is 2.47. The number of amides is 1. The van der Waals surface area contributed by atoms with Crippen molar-refractivity contribution < 1.29 is 14.3 Å². The average Bonchev–Trinajstić information content (AvgIpc) is 3.32. The highest BCUT2D eigenvalue weighted by Crippen LogP contribution is 2.41. The molecule has 1 aromatic rings. The van der Waals surface area contributed by atoms with Crippen LogP contribution in [-0.4, -0.2) is 54.4 Å². The fraction of sp³-hybridized carbons (Fsp3) is 0.737. The predicted molar refractivity (Wildman–Crippen MR) is 90.9 cm³/mol. The Balaban J connectivity index is 1.47. The van der Waals surface area contributed by atoms with Crippen molar-refractivity contribution in [3.8, 4) is 0 Å². The smallest absolute Gasteiger partial charge is 0.270 e. The van der Waals surface area contributed by atoms with Gasteiger partial charge in [-0.15, -0.1) is 0 Å². The van der Waals surface area contributed by atoms with Gasteiger partial charge >= 0.3 is 0 Å². The Morgan fingerprint density at radius 2 is 2.29 bits per heavy atom. The van der Waals surface area contributed by atoms with Crippen LogP contribution in [0.5, 0.6) is 0 Å². The molecule has 132 valence electrons. The van der Waals surface area contributed by atoms with Crippen LogP contribution in [0.1, 0.15) is 42.6 Å². The van der Waals surface area contributed by atoms with E-state index in [1.165, 1.54) is 12.8 Å². The van der Waals surface area contributed by atoms with Crippen molar-refractivity contribution >= 4 is 5.91 Å². The molecule has 0 spiro atoms. The van der Waals surface area contributed by atoms with E-state index < -0.39 is 0 Å². The summed E-state index contributed by atoms with van der Waals surface area (Å²) >= 11 is 0. The van der Waals surface area contributed by atoms with Crippen LogP contribution >= 0.6 is 0 Å². The van der Waals surface area contributed by atoms with Gasteiger partial charge < -0.3 is 18.9 Å². The molecule has 1 aromatic heterocycles. The summed E-state index contributed by atoms with van der Waals surface area (Å²) in [6.07, 6.45) is 7.87. The molecule has 3 fully saturated rings. The number of aryl methyl sites for hydroxylation is 1. The number of hydrogen-bond donors (Lipinski definition) is 0. The lowest BCUT2D eigenvalue weighted by molar-refractivity contribution is -0.147. The van der Waals surface area contributed by atoms with E-state index in [0.29, 0.717) is 0 Å². The molecule has 24 heavy (non-hydrogen) atoms. The second kappa shape index (κ2) is 6.52. The van der Waals surface area contributed by atoms with Gasteiger partial charge in [0.2, 0.25) is 0 Å². The Bertz CT molecular complexity index is 595. The van der Waals surface area contributed by atoms with E-state index >= 15 is 0 Å². The van der Waals surface area contributed by atoms with Crippen LogP contribution < -0.4 is 0 Å². The minimum Gasteiger partial charge on any atom is -0.380 e. The molecule has 0 unspecified atom stereocenters. The van der Waals surface area contributed by atoms with Gasteiger partial charge in [-0.25, -0.2) is 0 Å². The molecule has 0 aromatic carbocycles. The van der Waals surface area contributed by atoms with Gasteiger partial charge in [0.1, 0.15) is 5.69 Å². The summed E-state index contributed by atoms with van der Waals surface area (Å²) < 4.78 is 14.1. The summed E-state index contributed by atoms with van der Waals surface area (Å²) in [4.78, 5) is 14.9. The molecular formula is C19H28N2O3. The molecule has 5 heteroatoms. The molecule has 0 radical (unpaired) electrons. The largest absolute Gasteiger partial charge is 0.380 e. The molecule has 1 amide bonds. The number of piperidine rings is 1. The van der Waals surface area contributed by atoms with Crippen LogP contribution in [0.4, 0.5) is 0 Å². The monoisotopic (exact) mass is 332 g/mol. The van der Waals surface area contributed by atoms with Crippen LogP contribution in [0.3, 0.4) is 0 Å². The van der Waals surface area contributed by atoms with Gasteiger partial charge in [0.15, 0.2) is 0 Å². The van der Waals surface area contributed by atoms with Crippen molar-refractivity contribution in [1.29, 1.82) is 0 Å². The van der Waals surface area contributed by atoms with Gasteiger partial charge in [-0.1, -0.05) is 0 Å². The number of carbonyl (C=O) groups is 1. The fourth-order valence-corrected chi connectivity index (χ4v) is 4.23. The molecule has 2 saturated heterocycles. The summed E-state index contributed by atoms with van der Waals surface area (Å²) in [5.74, 6) is 0.905. The maximum Gasteiger partial charge on any atom is 0.270 e. The number of carbonyl (C=O) groups excluding carboxylic acids is 1. The quantitative estimate of drug-likeness (QED) is 0.832. The second-order valence-electron chi connectivity index (χ2n) is 7.80. The van der Waals surface area contributed by atoms with Crippen LogP contribution in [0.2, 0.25) is 0 Å². The highest BCUT2D eigenvalue weighted by atomic mass is 16.5. The molecule has 2 aliphatic heterocycles. The summed E-state index contributed by atoms with van der Waals surface area (Å²) in [6, 6.07) is 3.83. The number of hydrogen-bond acceptors (Lipinski definition) is 3.